The Kier molecular flexibility index (Phi) is 7.59. The number of fused-ring (bicyclic) bond motifs is 1. The van der Waals surface area contributed by atoms with Crippen LogP contribution in [0.5, 0.6) is 17.2 Å². The molecule has 1 unspecified atom stereocenters. The van der Waals surface area contributed by atoms with Crippen LogP contribution < -0.4 is 19.9 Å². The number of carbonyl (C=O) groups excluding carboxylic acids is 1. The zero-order valence-electron chi connectivity index (χ0n) is 19.3. The van der Waals surface area contributed by atoms with Crippen LogP contribution in [0.3, 0.4) is 0 Å². The quantitative estimate of drug-likeness (QED) is 0.225. The first-order valence-electron chi connectivity index (χ1n) is 11.4. The molecule has 0 spiro atoms. The lowest BCUT2D eigenvalue weighted by Gasteiger charge is -2.26. The van der Waals surface area contributed by atoms with Gasteiger partial charge in [-0.05, 0) is 54.4 Å². The van der Waals surface area contributed by atoms with E-state index in [0.717, 1.165) is 30.4 Å². The highest BCUT2D eigenvalue weighted by Gasteiger charge is 2.31. The van der Waals surface area contributed by atoms with Crippen molar-refractivity contribution < 1.29 is 19.0 Å². The molecule has 0 radical (unpaired) electrons. The maximum atomic E-state index is 12.7. The number of allylic oxidation sites excluding steroid dienone is 1. The highest BCUT2D eigenvalue weighted by atomic mass is 35.5. The van der Waals surface area contributed by atoms with Gasteiger partial charge in [-0.15, -0.1) is 0 Å². The number of nitrogens with two attached hydrogens (primary N) is 1. The monoisotopic (exact) mass is 488 g/mol. The summed E-state index contributed by atoms with van der Waals surface area (Å²) in [5.74, 6) is 0.465. The molecule has 1 atom stereocenters. The molecule has 3 aromatic carbocycles. The molecule has 0 amide bonds. The van der Waals surface area contributed by atoms with Crippen molar-refractivity contribution in [2.75, 3.05) is 6.61 Å². The van der Waals surface area contributed by atoms with Gasteiger partial charge in [-0.3, -0.25) is 0 Å². The summed E-state index contributed by atoms with van der Waals surface area (Å²) in [6.07, 6.45) is 3.24. The smallest absolute Gasteiger partial charge is 0.343 e. The molecule has 4 rings (SSSR count). The molecule has 7 heteroatoms. The molecule has 0 aromatic heterocycles. The Balaban J connectivity index is 1.52. The molecule has 35 heavy (non-hydrogen) atoms. The van der Waals surface area contributed by atoms with E-state index in [9.17, 15) is 10.1 Å². The van der Waals surface area contributed by atoms with Gasteiger partial charge in [0.05, 0.1) is 18.1 Å². The molecule has 0 bridgehead atoms. The van der Waals surface area contributed by atoms with Crippen LogP contribution in [0.15, 0.2) is 78.2 Å². The van der Waals surface area contributed by atoms with Crippen LogP contribution in [0.25, 0.3) is 0 Å². The first-order valence-corrected chi connectivity index (χ1v) is 11.8. The fraction of sp³-hybridized carbons (Fsp3) is 0.214. The van der Waals surface area contributed by atoms with Crippen molar-refractivity contribution in [2.24, 2.45) is 5.73 Å². The second kappa shape index (κ2) is 11.0. The summed E-state index contributed by atoms with van der Waals surface area (Å²) in [5, 5.41) is 10.3. The minimum absolute atomic E-state index is 0.00276. The Hall–Kier alpha value is -3.95. The predicted octanol–water partition coefficient (Wildman–Crippen LogP) is 6.35. The van der Waals surface area contributed by atoms with E-state index in [1.165, 1.54) is 0 Å². The highest BCUT2D eigenvalue weighted by Crippen LogP contribution is 2.43. The van der Waals surface area contributed by atoms with Crippen molar-refractivity contribution in [3.63, 3.8) is 0 Å². The Bertz CT molecular complexity index is 1300. The molecule has 6 nitrogen and oxygen atoms in total. The van der Waals surface area contributed by atoms with Crippen LogP contribution in [0.4, 0.5) is 0 Å². The Morgan fingerprint density at radius 1 is 1.09 bits per heavy atom. The molecule has 0 saturated carbocycles. The van der Waals surface area contributed by atoms with Gasteiger partial charge < -0.3 is 19.9 Å². The maximum Gasteiger partial charge on any atom is 0.343 e. The fourth-order valence-electron chi connectivity index (χ4n) is 3.92. The summed E-state index contributed by atoms with van der Waals surface area (Å²) >= 11 is 6.18. The summed E-state index contributed by atoms with van der Waals surface area (Å²) in [5.41, 5.74) is 8.28. The number of halogens is 1. The van der Waals surface area contributed by atoms with Gasteiger partial charge in [0.2, 0.25) is 5.88 Å². The second-order valence-electron chi connectivity index (χ2n) is 8.15. The summed E-state index contributed by atoms with van der Waals surface area (Å²) < 4.78 is 17.0. The van der Waals surface area contributed by atoms with Gasteiger partial charge in [-0.1, -0.05) is 49.6 Å². The topological polar surface area (TPSA) is 94.6 Å². The van der Waals surface area contributed by atoms with Crippen molar-refractivity contribution in [3.8, 4) is 23.3 Å². The van der Waals surface area contributed by atoms with E-state index in [2.05, 4.69) is 13.0 Å². The normalized spacial score (nSPS) is 14.5. The fourth-order valence-corrected chi connectivity index (χ4v) is 4.12. The van der Waals surface area contributed by atoms with Crippen LogP contribution in [-0.4, -0.2) is 12.6 Å². The zero-order chi connectivity index (χ0) is 24.8. The number of esters is 1. The third-order valence-corrected chi connectivity index (χ3v) is 5.92. The molecule has 1 aliphatic rings. The molecular formula is C28H25ClN2O4. The number of hydrogen-bond donors (Lipinski definition) is 1. The van der Waals surface area contributed by atoms with E-state index < -0.39 is 11.9 Å². The van der Waals surface area contributed by atoms with Crippen molar-refractivity contribution in [1.82, 2.24) is 0 Å². The number of nitriles is 1. The van der Waals surface area contributed by atoms with Gasteiger partial charge in [-0.2, -0.15) is 5.26 Å². The first kappa shape index (κ1) is 24.2. The Morgan fingerprint density at radius 2 is 1.86 bits per heavy atom. The summed E-state index contributed by atoms with van der Waals surface area (Å²) in [6.45, 7) is 2.79. The molecular weight excluding hydrogens is 464 g/mol. The average molecular weight is 489 g/mol. The number of nitrogens with zero attached hydrogens (tertiary/aromatic N) is 1. The van der Waals surface area contributed by atoms with E-state index in [-0.39, 0.29) is 5.88 Å². The molecule has 1 heterocycles. The van der Waals surface area contributed by atoms with E-state index in [0.29, 0.717) is 40.0 Å². The molecule has 178 valence electrons. The number of unbranched alkanes of at least 4 members (excludes halogenated alkanes) is 2. The molecule has 0 fully saturated rings. The Labute approximate surface area is 209 Å². The lowest BCUT2D eigenvalue weighted by Crippen LogP contribution is -2.21. The first-order chi connectivity index (χ1) is 17.0. The van der Waals surface area contributed by atoms with E-state index in [1.807, 2.05) is 12.1 Å². The minimum Gasteiger partial charge on any atom is -0.494 e. The molecule has 3 aromatic rings. The van der Waals surface area contributed by atoms with Crippen LogP contribution in [-0.2, 0) is 0 Å². The number of ether oxygens (including phenoxy) is 3. The third-order valence-electron chi connectivity index (χ3n) is 5.69. The zero-order valence-corrected chi connectivity index (χ0v) is 20.0. The minimum atomic E-state index is -0.508. The number of hydrogen-bond acceptors (Lipinski definition) is 6. The number of rotatable bonds is 8. The predicted molar refractivity (Wildman–Crippen MR) is 134 cm³/mol. The third kappa shape index (κ3) is 5.59. The summed E-state index contributed by atoms with van der Waals surface area (Å²) in [6, 6.07) is 21.3. The molecule has 0 aliphatic carbocycles. The maximum absolute atomic E-state index is 12.7. The van der Waals surface area contributed by atoms with Crippen molar-refractivity contribution in [2.45, 2.75) is 32.1 Å². The lowest BCUT2D eigenvalue weighted by atomic mass is 9.83. The van der Waals surface area contributed by atoms with E-state index >= 15 is 0 Å². The van der Waals surface area contributed by atoms with Gasteiger partial charge in [0.25, 0.3) is 0 Å². The van der Waals surface area contributed by atoms with Crippen LogP contribution in [0, 0.1) is 11.3 Å². The van der Waals surface area contributed by atoms with Gasteiger partial charge in [-0.25, -0.2) is 4.79 Å². The van der Waals surface area contributed by atoms with Gasteiger partial charge >= 0.3 is 5.97 Å². The average Bonchev–Trinajstić information content (AvgIpc) is 2.86. The lowest BCUT2D eigenvalue weighted by molar-refractivity contribution is 0.0734. The van der Waals surface area contributed by atoms with Gasteiger partial charge in [0.15, 0.2) is 0 Å². The van der Waals surface area contributed by atoms with Crippen molar-refractivity contribution in [1.29, 1.82) is 5.26 Å². The van der Waals surface area contributed by atoms with Crippen LogP contribution in [0.2, 0.25) is 5.02 Å². The summed E-state index contributed by atoms with van der Waals surface area (Å²) in [4.78, 5) is 12.7. The van der Waals surface area contributed by atoms with Crippen molar-refractivity contribution >= 4 is 17.6 Å². The Morgan fingerprint density at radius 3 is 2.57 bits per heavy atom. The van der Waals surface area contributed by atoms with Crippen LogP contribution >= 0.6 is 11.6 Å². The molecule has 2 N–H and O–H groups in total. The number of carbonyl (C=O) groups is 1. The van der Waals surface area contributed by atoms with E-state index in [4.69, 9.17) is 31.5 Å². The highest BCUT2D eigenvalue weighted by molar-refractivity contribution is 6.30. The SMILES string of the molecule is CCCCCOc1ccc(C(=O)Oc2ccc3c(c2)OC(N)=C(C#N)C3c2cccc(Cl)c2)cc1. The van der Waals surface area contributed by atoms with Crippen molar-refractivity contribution in [3.05, 3.63) is 99.9 Å². The van der Waals surface area contributed by atoms with Crippen LogP contribution in [0.1, 0.15) is 53.6 Å². The molecule has 0 saturated heterocycles. The van der Waals surface area contributed by atoms with E-state index in [1.54, 1.807) is 54.6 Å². The molecule has 1 aliphatic heterocycles. The van der Waals surface area contributed by atoms with Gasteiger partial charge in [0.1, 0.15) is 28.9 Å². The second-order valence-corrected chi connectivity index (χ2v) is 8.59. The number of benzene rings is 3. The largest absolute Gasteiger partial charge is 0.494 e. The standard InChI is InChI=1S/C28H25ClN2O4/c1-2-3-4-14-33-21-10-8-18(9-11-21)28(32)34-22-12-13-23-25(16-22)35-27(31)24(17-30)26(23)19-6-5-7-20(29)15-19/h5-13,15-16,26H,2-4,14,31H2,1H3. The summed E-state index contributed by atoms with van der Waals surface area (Å²) in [7, 11) is 0. The van der Waals surface area contributed by atoms with Gasteiger partial charge in [0, 0.05) is 16.7 Å².